The van der Waals surface area contributed by atoms with Crippen LogP contribution in [0.1, 0.15) is 5.56 Å². The SMILES string of the molecule is Cc1ccc(Cl)cc1Nc1ncnc(Oc2ccc(Br)cc2)c1N. The molecule has 1 heterocycles. The predicted octanol–water partition coefficient (Wildman–Crippen LogP) is 5.32. The number of nitrogens with one attached hydrogen (secondary N) is 1. The molecule has 24 heavy (non-hydrogen) atoms. The first-order valence-electron chi connectivity index (χ1n) is 7.10. The highest BCUT2D eigenvalue weighted by Crippen LogP contribution is 2.32. The van der Waals surface area contributed by atoms with E-state index < -0.39 is 0 Å². The summed E-state index contributed by atoms with van der Waals surface area (Å²) >= 11 is 9.42. The molecular formula is C17H14BrClN4O. The van der Waals surface area contributed by atoms with E-state index in [2.05, 4.69) is 31.2 Å². The van der Waals surface area contributed by atoms with Gasteiger partial charge in [0.05, 0.1) is 0 Å². The van der Waals surface area contributed by atoms with Crippen LogP contribution in [0, 0.1) is 6.92 Å². The van der Waals surface area contributed by atoms with Crippen LogP contribution in [0.25, 0.3) is 0 Å². The quantitative estimate of drug-likeness (QED) is 0.614. The summed E-state index contributed by atoms with van der Waals surface area (Å²) in [5.74, 6) is 1.38. The van der Waals surface area contributed by atoms with Crippen molar-refractivity contribution in [2.75, 3.05) is 11.1 Å². The average Bonchev–Trinajstić information content (AvgIpc) is 2.56. The Morgan fingerprint density at radius 3 is 2.62 bits per heavy atom. The number of hydrogen-bond donors (Lipinski definition) is 2. The van der Waals surface area contributed by atoms with Gasteiger partial charge >= 0.3 is 0 Å². The second-order valence-corrected chi connectivity index (χ2v) is 6.43. The molecule has 122 valence electrons. The van der Waals surface area contributed by atoms with Crippen molar-refractivity contribution in [3.63, 3.8) is 0 Å². The standard InChI is InChI=1S/C17H14BrClN4O/c1-10-2-5-12(19)8-14(10)23-16-15(20)17(22-9-21-16)24-13-6-3-11(18)4-7-13/h2-9H,20H2,1H3,(H,21,22,23). The van der Waals surface area contributed by atoms with Crippen LogP contribution in [0.5, 0.6) is 11.6 Å². The number of nitrogens with two attached hydrogens (primary N) is 1. The van der Waals surface area contributed by atoms with Crippen LogP contribution in [-0.2, 0) is 0 Å². The van der Waals surface area contributed by atoms with Gasteiger partial charge in [-0.25, -0.2) is 4.98 Å². The van der Waals surface area contributed by atoms with Crippen LogP contribution in [-0.4, -0.2) is 9.97 Å². The van der Waals surface area contributed by atoms with E-state index in [9.17, 15) is 0 Å². The van der Waals surface area contributed by atoms with Crippen LogP contribution >= 0.6 is 27.5 Å². The molecule has 2 aromatic carbocycles. The van der Waals surface area contributed by atoms with Gasteiger partial charge in [0.2, 0.25) is 5.88 Å². The van der Waals surface area contributed by atoms with E-state index in [-0.39, 0.29) is 5.88 Å². The summed E-state index contributed by atoms with van der Waals surface area (Å²) in [6.07, 6.45) is 1.40. The summed E-state index contributed by atoms with van der Waals surface area (Å²) in [6, 6.07) is 12.9. The van der Waals surface area contributed by atoms with Gasteiger partial charge in [0, 0.05) is 15.2 Å². The fraction of sp³-hybridized carbons (Fsp3) is 0.0588. The second-order valence-electron chi connectivity index (χ2n) is 5.08. The number of benzene rings is 2. The molecule has 3 rings (SSSR count). The molecule has 0 aliphatic carbocycles. The average molecular weight is 406 g/mol. The molecule has 0 fully saturated rings. The lowest BCUT2D eigenvalue weighted by Crippen LogP contribution is -2.03. The van der Waals surface area contributed by atoms with E-state index in [4.69, 9.17) is 22.1 Å². The highest BCUT2D eigenvalue weighted by molar-refractivity contribution is 9.10. The highest BCUT2D eigenvalue weighted by atomic mass is 79.9. The molecule has 0 atom stereocenters. The fourth-order valence-electron chi connectivity index (χ4n) is 2.03. The number of rotatable bonds is 4. The Labute approximate surface area is 153 Å². The van der Waals surface area contributed by atoms with Crippen molar-refractivity contribution in [3.05, 3.63) is 63.9 Å². The van der Waals surface area contributed by atoms with E-state index in [1.54, 1.807) is 0 Å². The Kier molecular flexibility index (Phi) is 4.87. The number of halogens is 2. The Hall–Kier alpha value is -2.31. The van der Waals surface area contributed by atoms with Gasteiger partial charge in [0.1, 0.15) is 17.8 Å². The van der Waals surface area contributed by atoms with Gasteiger partial charge in [-0.1, -0.05) is 33.6 Å². The Bertz CT molecular complexity index is 871. The van der Waals surface area contributed by atoms with Crippen molar-refractivity contribution in [3.8, 4) is 11.6 Å². The number of hydrogen-bond acceptors (Lipinski definition) is 5. The molecule has 0 bridgehead atoms. The Balaban J connectivity index is 1.88. The Morgan fingerprint density at radius 1 is 1.12 bits per heavy atom. The first-order chi connectivity index (χ1) is 11.5. The lowest BCUT2D eigenvalue weighted by atomic mass is 10.2. The zero-order chi connectivity index (χ0) is 17.1. The van der Waals surface area contributed by atoms with E-state index >= 15 is 0 Å². The lowest BCUT2D eigenvalue weighted by molar-refractivity contribution is 0.464. The van der Waals surface area contributed by atoms with Crippen molar-refractivity contribution >= 4 is 44.7 Å². The van der Waals surface area contributed by atoms with Crippen molar-refractivity contribution in [2.24, 2.45) is 0 Å². The maximum atomic E-state index is 6.14. The first kappa shape index (κ1) is 16.5. The number of nitrogen functional groups attached to an aromatic ring is 1. The van der Waals surface area contributed by atoms with Gasteiger partial charge < -0.3 is 15.8 Å². The van der Waals surface area contributed by atoms with E-state index in [0.717, 1.165) is 15.7 Å². The normalized spacial score (nSPS) is 10.5. The van der Waals surface area contributed by atoms with Gasteiger partial charge in [0.25, 0.3) is 0 Å². The van der Waals surface area contributed by atoms with E-state index in [0.29, 0.717) is 22.3 Å². The van der Waals surface area contributed by atoms with Crippen molar-refractivity contribution in [2.45, 2.75) is 6.92 Å². The van der Waals surface area contributed by atoms with Gasteiger partial charge in [0.15, 0.2) is 5.82 Å². The number of anilines is 3. The van der Waals surface area contributed by atoms with Crippen LogP contribution < -0.4 is 15.8 Å². The number of nitrogens with zero attached hydrogens (tertiary/aromatic N) is 2. The molecule has 0 amide bonds. The molecule has 0 aliphatic rings. The van der Waals surface area contributed by atoms with Crippen LogP contribution in [0.2, 0.25) is 5.02 Å². The second kappa shape index (κ2) is 7.07. The third-order valence-corrected chi connectivity index (χ3v) is 4.09. The number of ether oxygens (including phenoxy) is 1. The van der Waals surface area contributed by atoms with Gasteiger partial charge in [-0.15, -0.1) is 0 Å². The topological polar surface area (TPSA) is 73.1 Å². The van der Waals surface area contributed by atoms with Crippen molar-refractivity contribution < 1.29 is 4.74 Å². The molecular weight excluding hydrogens is 392 g/mol. The van der Waals surface area contributed by atoms with Gasteiger partial charge in [-0.2, -0.15) is 4.98 Å². The highest BCUT2D eigenvalue weighted by Gasteiger charge is 2.12. The molecule has 0 saturated heterocycles. The summed E-state index contributed by atoms with van der Waals surface area (Å²) in [7, 11) is 0. The number of aryl methyl sites for hydroxylation is 1. The molecule has 5 nitrogen and oxygen atoms in total. The van der Waals surface area contributed by atoms with Crippen LogP contribution in [0.3, 0.4) is 0 Å². The summed E-state index contributed by atoms with van der Waals surface area (Å²) in [5, 5.41) is 3.80. The van der Waals surface area contributed by atoms with Crippen molar-refractivity contribution in [1.29, 1.82) is 0 Å². The minimum absolute atomic E-state index is 0.287. The molecule has 7 heteroatoms. The largest absolute Gasteiger partial charge is 0.437 e. The van der Waals surface area contributed by atoms with Crippen LogP contribution in [0.4, 0.5) is 17.2 Å². The third-order valence-electron chi connectivity index (χ3n) is 3.33. The summed E-state index contributed by atoms with van der Waals surface area (Å²) < 4.78 is 6.70. The molecule has 3 aromatic rings. The van der Waals surface area contributed by atoms with Gasteiger partial charge in [-0.3, -0.25) is 0 Å². The third kappa shape index (κ3) is 3.77. The smallest absolute Gasteiger partial charge is 0.248 e. The van der Waals surface area contributed by atoms with E-state index in [1.807, 2.05) is 49.4 Å². The predicted molar refractivity (Wildman–Crippen MR) is 100 cm³/mol. The minimum atomic E-state index is 0.287. The summed E-state index contributed by atoms with van der Waals surface area (Å²) in [5.41, 5.74) is 8.30. The molecule has 1 aromatic heterocycles. The summed E-state index contributed by atoms with van der Waals surface area (Å²) in [6.45, 7) is 1.97. The van der Waals surface area contributed by atoms with Gasteiger partial charge in [-0.05, 0) is 48.9 Å². The fourth-order valence-corrected chi connectivity index (χ4v) is 2.47. The molecule has 0 saturated carbocycles. The molecule has 0 radical (unpaired) electrons. The zero-order valence-corrected chi connectivity index (χ0v) is 15.1. The monoisotopic (exact) mass is 404 g/mol. The lowest BCUT2D eigenvalue weighted by Gasteiger charge is -2.13. The maximum Gasteiger partial charge on any atom is 0.248 e. The van der Waals surface area contributed by atoms with E-state index in [1.165, 1.54) is 6.33 Å². The molecule has 3 N–H and O–H groups in total. The molecule has 0 unspecified atom stereocenters. The Morgan fingerprint density at radius 2 is 1.88 bits per heavy atom. The first-order valence-corrected chi connectivity index (χ1v) is 8.27. The molecule has 0 spiro atoms. The number of aromatic nitrogens is 2. The summed E-state index contributed by atoms with van der Waals surface area (Å²) in [4.78, 5) is 8.29. The zero-order valence-electron chi connectivity index (χ0n) is 12.8. The van der Waals surface area contributed by atoms with Crippen LogP contribution in [0.15, 0.2) is 53.3 Å². The molecule has 0 aliphatic heterocycles. The maximum absolute atomic E-state index is 6.14. The van der Waals surface area contributed by atoms with Crippen molar-refractivity contribution in [1.82, 2.24) is 9.97 Å². The minimum Gasteiger partial charge on any atom is -0.437 e.